The molecule has 0 saturated carbocycles. The molecule has 0 unspecified atom stereocenters. The zero-order chi connectivity index (χ0) is 18.9. The zero-order valence-electron chi connectivity index (χ0n) is 16.3. The van der Waals surface area contributed by atoms with Gasteiger partial charge in [-0.3, -0.25) is 0 Å². The topological polar surface area (TPSA) is 53.4 Å². The van der Waals surface area contributed by atoms with Crippen molar-refractivity contribution in [2.75, 3.05) is 33.2 Å². The van der Waals surface area contributed by atoms with Crippen molar-refractivity contribution in [1.29, 1.82) is 0 Å². The van der Waals surface area contributed by atoms with Crippen molar-refractivity contribution in [2.45, 2.75) is 32.2 Å². The molecule has 2 aliphatic heterocycles. The van der Waals surface area contributed by atoms with Crippen molar-refractivity contribution in [3.8, 4) is 5.69 Å². The normalized spacial score (nSPS) is 20.7. The van der Waals surface area contributed by atoms with Crippen LogP contribution in [-0.2, 0) is 0 Å². The van der Waals surface area contributed by atoms with Gasteiger partial charge in [-0.05, 0) is 63.9 Å². The van der Waals surface area contributed by atoms with Gasteiger partial charge in [0, 0.05) is 24.8 Å². The van der Waals surface area contributed by atoms with Crippen LogP contribution in [0.2, 0.25) is 0 Å². The van der Waals surface area contributed by atoms with Gasteiger partial charge in [0.2, 0.25) is 0 Å². The highest BCUT2D eigenvalue weighted by Crippen LogP contribution is 2.40. The Balaban J connectivity index is 1.35. The molecule has 2 aliphatic rings. The monoisotopic (exact) mass is 367 g/mol. The summed E-state index contributed by atoms with van der Waals surface area (Å²) >= 11 is 0. The van der Waals surface area contributed by atoms with Gasteiger partial charge < -0.3 is 15.1 Å². The molecule has 2 amide bonds. The maximum atomic E-state index is 12.8. The van der Waals surface area contributed by atoms with E-state index in [9.17, 15) is 4.79 Å². The molecule has 1 atom stereocenters. The Morgan fingerprint density at radius 2 is 1.85 bits per heavy atom. The Labute approximate surface area is 161 Å². The Hall–Kier alpha value is -2.34. The highest BCUT2D eigenvalue weighted by atomic mass is 16.2. The second-order valence-electron chi connectivity index (χ2n) is 8.20. The van der Waals surface area contributed by atoms with Crippen LogP contribution in [0.1, 0.15) is 37.8 Å². The number of hydrogen-bond donors (Lipinski definition) is 1. The number of nitrogens with zero attached hydrogens (tertiary/aromatic N) is 4. The summed E-state index contributed by atoms with van der Waals surface area (Å²) in [5.41, 5.74) is 2.37. The summed E-state index contributed by atoms with van der Waals surface area (Å²) in [5, 5.41) is 7.59. The van der Waals surface area contributed by atoms with Gasteiger partial charge in [0.15, 0.2) is 0 Å². The number of hydrogen-bond acceptors (Lipinski definition) is 3. The molecule has 6 heteroatoms. The van der Waals surface area contributed by atoms with Crippen LogP contribution in [0.25, 0.3) is 5.69 Å². The van der Waals surface area contributed by atoms with Gasteiger partial charge in [-0.15, -0.1) is 0 Å². The molecule has 27 heavy (non-hydrogen) atoms. The summed E-state index contributed by atoms with van der Waals surface area (Å²) in [4.78, 5) is 17.2. The molecule has 6 nitrogen and oxygen atoms in total. The van der Waals surface area contributed by atoms with E-state index >= 15 is 0 Å². The van der Waals surface area contributed by atoms with Crippen molar-refractivity contribution in [2.24, 2.45) is 5.41 Å². The first-order valence-corrected chi connectivity index (χ1v) is 9.89. The van der Waals surface area contributed by atoms with Crippen LogP contribution in [0.3, 0.4) is 0 Å². The van der Waals surface area contributed by atoms with Gasteiger partial charge in [-0.25, -0.2) is 9.48 Å². The molecule has 2 aromatic rings. The minimum Gasteiger partial charge on any atom is -0.331 e. The molecule has 2 fully saturated rings. The van der Waals surface area contributed by atoms with Crippen LogP contribution in [0, 0.1) is 5.41 Å². The molecular formula is C21H29N5O. The standard InChI is InChI=1S/C21H29N5O/c1-17(18-14-22-26(15-18)19-6-4-3-5-7-19)23-20(27)25-13-10-21(16-25)8-11-24(2)12-9-21/h3-7,14-15,17H,8-13,16H2,1-2H3,(H,23,27)/t17-/m0/s1. The summed E-state index contributed by atoms with van der Waals surface area (Å²) in [5.74, 6) is 0. The number of rotatable bonds is 3. The van der Waals surface area contributed by atoms with E-state index in [2.05, 4.69) is 22.4 Å². The summed E-state index contributed by atoms with van der Waals surface area (Å²) in [7, 11) is 2.18. The van der Waals surface area contributed by atoms with Crippen molar-refractivity contribution in [3.63, 3.8) is 0 Å². The van der Waals surface area contributed by atoms with Crippen LogP contribution in [0.15, 0.2) is 42.7 Å². The predicted molar refractivity (Wildman–Crippen MR) is 106 cm³/mol. The molecule has 3 heterocycles. The SMILES string of the molecule is C[C@H](NC(=O)N1CCC2(CCN(C)CC2)C1)c1cnn(-c2ccccc2)c1. The molecule has 1 aromatic heterocycles. The molecule has 2 saturated heterocycles. The number of amides is 2. The van der Waals surface area contributed by atoms with Crippen molar-refractivity contribution in [3.05, 3.63) is 48.3 Å². The molecule has 1 spiro atoms. The maximum Gasteiger partial charge on any atom is 0.317 e. The number of piperidine rings is 1. The lowest BCUT2D eigenvalue weighted by molar-refractivity contribution is 0.127. The lowest BCUT2D eigenvalue weighted by atomic mass is 9.78. The molecule has 0 aliphatic carbocycles. The van der Waals surface area contributed by atoms with Gasteiger partial charge in [0.05, 0.1) is 17.9 Å². The van der Waals surface area contributed by atoms with E-state index in [1.54, 1.807) is 0 Å². The van der Waals surface area contributed by atoms with Crippen molar-refractivity contribution in [1.82, 2.24) is 24.9 Å². The average molecular weight is 367 g/mol. The number of carbonyl (C=O) groups excluding carboxylic acids is 1. The molecule has 4 rings (SSSR count). The first-order valence-electron chi connectivity index (χ1n) is 9.89. The summed E-state index contributed by atoms with van der Waals surface area (Å²) < 4.78 is 1.85. The predicted octanol–water partition coefficient (Wildman–Crippen LogP) is 3.06. The average Bonchev–Trinajstić information content (AvgIpc) is 3.33. The summed E-state index contributed by atoms with van der Waals surface area (Å²) in [6, 6.07) is 10.00. The smallest absolute Gasteiger partial charge is 0.317 e. The number of carbonyl (C=O) groups is 1. The Morgan fingerprint density at radius 1 is 1.15 bits per heavy atom. The van der Waals surface area contributed by atoms with Gasteiger partial charge in [-0.1, -0.05) is 18.2 Å². The van der Waals surface area contributed by atoms with Crippen LogP contribution in [-0.4, -0.2) is 58.8 Å². The Kier molecular flexibility index (Phi) is 4.91. The number of aromatic nitrogens is 2. The second kappa shape index (κ2) is 7.35. The lowest BCUT2D eigenvalue weighted by Gasteiger charge is -2.37. The van der Waals surface area contributed by atoms with Gasteiger partial charge >= 0.3 is 6.03 Å². The highest BCUT2D eigenvalue weighted by Gasteiger charge is 2.41. The first kappa shape index (κ1) is 18.0. The van der Waals surface area contributed by atoms with Crippen LogP contribution >= 0.6 is 0 Å². The third kappa shape index (κ3) is 3.86. The minimum atomic E-state index is -0.0657. The fourth-order valence-electron chi connectivity index (χ4n) is 4.25. The third-order valence-electron chi connectivity index (χ3n) is 6.24. The summed E-state index contributed by atoms with van der Waals surface area (Å²) in [6.45, 7) is 6.06. The van der Waals surface area contributed by atoms with Gasteiger partial charge in [-0.2, -0.15) is 5.10 Å². The molecule has 0 radical (unpaired) electrons. The summed E-state index contributed by atoms with van der Waals surface area (Å²) in [6.07, 6.45) is 7.36. The quantitative estimate of drug-likeness (QED) is 0.907. The van der Waals surface area contributed by atoms with E-state index in [0.717, 1.165) is 43.9 Å². The van der Waals surface area contributed by atoms with Gasteiger partial charge in [0.1, 0.15) is 0 Å². The third-order valence-corrected chi connectivity index (χ3v) is 6.24. The van der Waals surface area contributed by atoms with E-state index in [1.807, 2.05) is 59.2 Å². The Bertz CT molecular complexity index is 779. The number of urea groups is 1. The van der Waals surface area contributed by atoms with E-state index in [1.165, 1.54) is 12.8 Å². The fourth-order valence-corrected chi connectivity index (χ4v) is 4.25. The molecule has 1 aromatic carbocycles. The largest absolute Gasteiger partial charge is 0.331 e. The van der Waals surface area contributed by atoms with E-state index in [-0.39, 0.29) is 12.1 Å². The number of benzene rings is 1. The molecule has 0 bridgehead atoms. The number of para-hydroxylation sites is 1. The van der Waals surface area contributed by atoms with Gasteiger partial charge in [0.25, 0.3) is 0 Å². The van der Waals surface area contributed by atoms with Crippen LogP contribution in [0.4, 0.5) is 4.79 Å². The van der Waals surface area contributed by atoms with Crippen molar-refractivity contribution < 1.29 is 4.79 Å². The highest BCUT2D eigenvalue weighted by molar-refractivity contribution is 5.75. The number of nitrogens with one attached hydrogen (secondary N) is 1. The van der Waals surface area contributed by atoms with Crippen molar-refractivity contribution >= 4 is 6.03 Å². The minimum absolute atomic E-state index is 0.0470. The molecular weight excluding hydrogens is 338 g/mol. The fraction of sp³-hybridized carbons (Fsp3) is 0.524. The lowest BCUT2D eigenvalue weighted by Crippen LogP contribution is -2.43. The van der Waals surface area contributed by atoms with E-state index in [4.69, 9.17) is 0 Å². The van der Waals surface area contributed by atoms with Crippen LogP contribution < -0.4 is 5.32 Å². The Morgan fingerprint density at radius 3 is 2.59 bits per heavy atom. The van der Waals surface area contributed by atoms with Crippen LogP contribution in [0.5, 0.6) is 0 Å². The van der Waals surface area contributed by atoms with E-state index < -0.39 is 0 Å². The second-order valence-corrected chi connectivity index (χ2v) is 8.20. The molecule has 1 N–H and O–H groups in total. The zero-order valence-corrected chi connectivity index (χ0v) is 16.3. The maximum absolute atomic E-state index is 12.8. The first-order chi connectivity index (χ1) is 13.0. The van der Waals surface area contributed by atoms with E-state index in [0.29, 0.717) is 5.41 Å². The number of likely N-dealkylation sites (tertiary alicyclic amines) is 2. The molecule has 144 valence electrons.